The highest BCUT2D eigenvalue weighted by molar-refractivity contribution is 5.94. The zero-order valence-corrected chi connectivity index (χ0v) is 11.8. The summed E-state index contributed by atoms with van der Waals surface area (Å²) in [6.07, 6.45) is 2.45. The third-order valence-electron chi connectivity index (χ3n) is 2.81. The van der Waals surface area contributed by atoms with Gasteiger partial charge in [-0.25, -0.2) is 4.98 Å². The SMILES string of the molecule is CCc1cnc(CNC(=O)c2cccc(C#CCN)c2)o1. The van der Waals surface area contributed by atoms with Crippen molar-refractivity contribution in [2.75, 3.05) is 6.54 Å². The first-order valence-electron chi connectivity index (χ1n) is 6.73. The molecule has 0 unspecified atom stereocenters. The average Bonchev–Trinajstić information content (AvgIpc) is 2.99. The molecular formula is C16H17N3O2. The number of nitrogens with zero attached hydrogens (tertiary/aromatic N) is 1. The second kappa shape index (κ2) is 7.27. The maximum Gasteiger partial charge on any atom is 0.251 e. The van der Waals surface area contributed by atoms with Crippen LogP contribution in [0.5, 0.6) is 0 Å². The number of hydrogen-bond acceptors (Lipinski definition) is 4. The lowest BCUT2D eigenvalue weighted by atomic mass is 10.1. The predicted octanol–water partition coefficient (Wildman–Crippen LogP) is 1.48. The van der Waals surface area contributed by atoms with Gasteiger partial charge < -0.3 is 15.5 Å². The number of aromatic nitrogens is 1. The van der Waals surface area contributed by atoms with Gasteiger partial charge in [0, 0.05) is 17.5 Å². The fourth-order valence-corrected chi connectivity index (χ4v) is 1.74. The number of aryl methyl sites for hydroxylation is 1. The van der Waals surface area contributed by atoms with E-state index < -0.39 is 0 Å². The van der Waals surface area contributed by atoms with E-state index in [0.717, 1.165) is 17.7 Å². The van der Waals surface area contributed by atoms with Gasteiger partial charge in [-0.1, -0.05) is 24.8 Å². The summed E-state index contributed by atoms with van der Waals surface area (Å²) in [5.74, 6) is 6.77. The summed E-state index contributed by atoms with van der Waals surface area (Å²) in [4.78, 5) is 16.2. The molecule has 2 aromatic rings. The van der Waals surface area contributed by atoms with E-state index in [-0.39, 0.29) is 12.5 Å². The van der Waals surface area contributed by atoms with E-state index >= 15 is 0 Å². The topological polar surface area (TPSA) is 81.2 Å². The van der Waals surface area contributed by atoms with Crippen LogP contribution in [-0.4, -0.2) is 17.4 Å². The molecule has 21 heavy (non-hydrogen) atoms. The van der Waals surface area contributed by atoms with Gasteiger partial charge in [-0.2, -0.15) is 0 Å². The van der Waals surface area contributed by atoms with Crippen LogP contribution in [0.3, 0.4) is 0 Å². The highest BCUT2D eigenvalue weighted by Crippen LogP contribution is 2.06. The van der Waals surface area contributed by atoms with E-state index in [1.165, 1.54) is 0 Å². The van der Waals surface area contributed by atoms with Crippen molar-refractivity contribution < 1.29 is 9.21 Å². The molecule has 3 N–H and O–H groups in total. The first-order chi connectivity index (χ1) is 10.2. The number of nitrogens with one attached hydrogen (secondary N) is 1. The molecule has 0 radical (unpaired) electrons. The van der Waals surface area contributed by atoms with Crippen molar-refractivity contribution in [2.24, 2.45) is 5.73 Å². The third-order valence-corrected chi connectivity index (χ3v) is 2.81. The molecule has 1 aromatic carbocycles. The van der Waals surface area contributed by atoms with Gasteiger partial charge in [-0.15, -0.1) is 0 Å². The molecule has 5 nitrogen and oxygen atoms in total. The quantitative estimate of drug-likeness (QED) is 0.833. The number of oxazole rings is 1. The van der Waals surface area contributed by atoms with E-state index in [1.54, 1.807) is 24.4 Å². The predicted molar refractivity (Wildman–Crippen MR) is 79.4 cm³/mol. The van der Waals surface area contributed by atoms with Crippen molar-refractivity contribution in [1.82, 2.24) is 10.3 Å². The van der Waals surface area contributed by atoms with E-state index in [4.69, 9.17) is 10.2 Å². The molecule has 0 aliphatic heterocycles. The van der Waals surface area contributed by atoms with Gasteiger partial charge in [0.2, 0.25) is 5.89 Å². The van der Waals surface area contributed by atoms with Crippen LogP contribution in [0.4, 0.5) is 0 Å². The first kappa shape index (κ1) is 14.8. The van der Waals surface area contributed by atoms with Gasteiger partial charge in [0.15, 0.2) is 0 Å². The number of benzene rings is 1. The van der Waals surface area contributed by atoms with E-state index in [0.29, 0.717) is 18.0 Å². The molecule has 0 spiro atoms. The van der Waals surface area contributed by atoms with E-state index in [2.05, 4.69) is 22.1 Å². The van der Waals surface area contributed by atoms with Crippen LogP contribution in [0.25, 0.3) is 0 Å². The molecule has 0 aliphatic rings. The number of nitrogens with two attached hydrogens (primary N) is 1. The van der Waals surface area contributed by atoms with Crippen molar-refractivity contribution in [3.63, 3.8) is 0 Å². The minimum atomic E-state index is -0.192. The molecule has 0 saturated heterocycles. The molecule has 1 aromatic heterocycles. The van der Waals surface area contributed by atoms with Crippen LogP contribution in [0.2, 0.25) is 0 Å². The molecule has 2 rings (SSSR count). The third kappa shape index (κ3) is 4.20. The lowest BCUT2D eigenvalue weighted by molar-refractivity contribution is 0.0947. The lowest BCUT2D eigenvalue weighted by Gasteiger charge is -2.03. The van der Waals surface area contributed by atoms with Gasteiger partial charge in [0.1, 0.15) is 5.76 Å². The largest absolute Gasteiger partial charge is 0.444 e. The van der Waals surface area contributed by atoms with Crippen LogP contribution < -0.4 is 11.1 Å². The average molecular weight is 283 g/mol. The fraction of sp³-hybridized carbons (Fsp3) is 0.250. The normalized spacial score (nSPS) is 9.81. The summed E-state index contributed by atoms with van der Waals surface area (Å²) >= 11 is 0. The molecule has 0 aliphatic carbocycles. The summed E-state index contributed by atoms with van der Waals surface area (Å²) in [6.45, 7) is 2.54. The molecule has 108 valence electrons. The summed E-state index contributed by atoms with van der Waals surface area (Å²) in [5, 5.41) is 2.77. The lowest BCUT2D eigenvalue weighted by Crippen LogP contribution is -2.22. The van der Waals surface area contributed by atoms with Crippen LogP contribution in [0.15, 0.2) is 34.9 Å². The Morgan fingerprint density at radius 3 is 3.05 bits per heavy atom. The van der Waals surface area contributed by atoms with Gasteiger partial charge in [-0.05, 0) is 18.2 Å². The molecular weight excluding hydrogens is 266 g/mol. The zero-order valence-electron chi connectivity index (χ0n) is 11.8. The van der Waals surface area contributed by atoms with Crippen LogP contribution in [0.1, 0.15) is 34.5 Å². The zero-order chi connectivity index (χ0) is 15.1. The van der Waals surface area contributed by atoms with Gasteiger partial charge in [-0.3, -0.25) is 4.79 Å². The Bertz CT molecular complexity index is 680. The highest BCUT2D eigenvalue weighted by atomic mass is 16.4. The fourth-order valence-electron chi connectivity index (χ4n) is 1.74. The summed E-state index contributed by atoms with van der Waals surface area (Å²) < 4.78 is 5.43. The van der Waals surface area contributed by atoms with Gasteiger partial charge in [0.05, 0.1) is 19.3 Å². The molecule has 0 bridgehead atoms. The second-order valence-electron chi connectivity index (χ2n) is 4.34. The number of rotatable bonds is 4. The number of carbonyl (C=O) groups is 1. The van der Waals surface area contributed by atoms with Gasteiger partial charge in [0.25, 0.3) is 5.91 Å². The van der Waals surface area contributed by atoms with Crippen molar-refractivity contribution >= 4 is 5.91 Å². The summed E-state index contributed by atoms with van der Waals surface area (Å²) in [5.41, 5.74) is 6.63. The van der Waals surface area contributed by atoms with Crippen molar-refractivity contribution in [1.29, 1.82) is 0 Å². The van der Waals surface area contributed by atoms with Gasteiger partial charge >= 0.3 is 0 Å². The highest BCUT2D eigenvalue weighted by Gasteiger charge is 2.08. The smallest absolute Gasteiger partial charge is 0.251 e. The second-order valence-corrected chi connectivity index (χ2v) is 4.34. The maximum absolute atomic E-state index is 12.1. The summed E-state index contributed by atoms with van der Waals surface area (Å²) in [6, 6.07) is 7.08. The Labute approximate surface area is 123 Å². The van der Waals surface area contributed by atoms with Crippen LogP contribution in [0, 0.1) is 11.8 Å². The number of hydrogen-bond donors (Lipinski definition) is 2. The van der Waals surface area contributed by atoms with E-state index in [1.807, 2.05) is 13.0 Å². The van der Waals surface area contributed by atoms with Crippen LogP contribution in [-0.2, 0) is 13.0 Å². The minimum Gasteiger partial charge on any atom is -0.444 e. The van der Waals surface area contributed by atoms with E-state index in [9.17, 15) is 4.79 Å². The first-order valence-corrected chi connectivity index (χ1v) is 6.73. The Morgan fingerprint density at radius 2 is 2.33 bits per heavy atom. The molecule has 0 atom stereocenters. The van der Waals surface area contributed by atoms with Crippen molar-refractivity contribution in [3.8, 4) is 11.8 Å². The Balaban J connectivity index is 1.99. The minimum absolute atomic E-state index is 0.192. The maximum atomic E-state index is 12.1. The number of amides is 1. The molecule has 5 heteroatoms. The molecule has 0 saturated carbocycles. The van der Waals surface area contributed by atoms with Crippen molar-refractivity contribution in [2.45, 2.75) is 19.9 Å². The molecule has 1 amide bonds. The summed E-state index contributed by atoms with van der Waals surface area (Å²) in [7, 11) is 0. The monoisotopic (exact) mass is 283 g/mol. The van der Waals surface area contributed by atoms with Crippen LogP contribution >= 0.6 is 0 Å². The Kier molecular flexibility index (Phi) is 5.13. The Morgan fingerprint density at radius 1 is 1.48 bits per heavy atom. The number of carbonyl (C=O) groups excluding carboxylic acids is 1. The molecule has 1 heterocycles. The standard InChI is InChI=1S/C16H17N3O2/c1-2-14-10-18-15(21-14)11-19-16(20)13-7-3-5-12(9-13)6-4-8-17/h3,5,7,9-10H,2,8,11,17H2,1H3,(H,19,20). The van der Waals surface area contributed by atoms with Crippen molar-refractivity contribution in [3.05, 3.63) is 53.2 Å². The molecule has 0 fully saturated rings. The Hall–Kier alpha value is -2.58.